The number of aliphatic hydroxyl groups excluding tert-OH is 1. The van der Waals surface area contributed by atoms with Crippen LogP contribution in [0.2, 0.25) is 0 Å². The van der Waals surface area contributed by atoms with Gasteiger partial charge in [-0.3, -0.25) is 4.90 Å². The average molecular weight is 360 g/mol. The Balaban J connectivity index is 1.84. The summed E-state index contributed by atoms with van der Waals surface area (Å²) in [5, 5.41) is 9.66. The summed E-state index contributed by atoms with van der Waals surface area (Å²) in [6.45, 7) is 6.90. The summed E-state index contributed by atoms with van der Waals surface area (Å²) in [5.74, 6) is 2.77. The molecule has 1 aliphatic heterocycles. The Morgan fingerprint density at radius 2 is 2.12 bits per heavy atom. The van der Waals surface area contributed by atoms with Gasteiger partial charge in [-0.25, -0.2) is 4.98 Å². The summed E-state index contributed by atoms with van der Waals surface area (Å²) < 4.78 is 16.7. The zero-order chi connectivity index (χ0) is 18.7. The first kappa shape index (κ1) is 18.7. The smallest absolute Gasteiger partial charge is 0.230 e. The van der Waals surface area contributed by atoms with E-state index in [0.717, 1.165) is 55.2 Å². The minimum Gasteiger partial charge on any atom is -0.497 e. The minimum atomic E-state index is -0.0330. The van der Waals surface area contributed by atoms with Gasteiger partial charge in [-0.15, -0.1) is 0 Å². The number of benzene rings is 1. The standard InChI is InChI=1S/C20H28N2O4/c1-14-17(11-22-9-5-8-20(2,12-22)13-23)21-19(26-14)16-10-15(24-3)6-7-18(16)25-4/h6-7,10,23H,5,8-9,11-13H2,1-4H3/t20-/m1/s1. The molecule has 1 aromatic heterocycles. The van der Waals surface area contributed by atoms with Gasteiger partial charge in [-0.05, 0) is 44.5 Å². The molecule has 0 aliphatic carbocycles. The van der Waals surface area contributed by atoms with Crippen LogP contribution in [-0.4, -0.2) is 48.9 Å². The lowest BCUT2D eigenvalue weighted by molar-refractivity contribution is 0.0422. The highest BCUT2D eigenvalue weighted by atomic mass is 16.5. The number of piperidine rings is 1. The quantitative estimate of drug-likeness (QED) is 0.853. The molecule has 26 heavy (non-hydrogen) atoms. The normalized spacial score (nSPS) is 21.0. The molecule has 6 heteroatoms. The van der Waals surface area contributed by atoms with E-state index in [1.807, 2.05) is 25.1 Å². The van der Waals surface area contributed by atoms with Crippen LogP contribution in [-0.2, 0) is 6.54 Å². The molecule has 2 heterocycles. The molecular weight excluding hydrogens is 332 g/mol. The molecule has 0 saturated carbocycles. The summed E-state index contributed by atoms with van der Waals surface area (Å²) in [4.78, 5) is 7.07. The van der Waals surface area contributed by atoms with Crippen LogP contribution in [0.25, 0.3) is 11.5 Å². The summed E-state index contributed by atoms with van der Waals surface area (Å²) in [6.07, 6.45) is 2.15. The van der Waals surface area contributed by atoms with Gasteiger partial charge in [0, 0.05) is 25.1 Å². The maximum absolute atomic E-state index is 9.66. The number of aromatic nitrogens is 1. The lowest BCUT2D eigenvalue weighted by Gasteiger charge is -2.39. The third kappa shape index (κ3) is 3.86. The highest BCUT2D eigenvalue weighted by Crippen LogP contribution is 2.35. The number of hydrogen-bond donors (Lipinski definition) is 1. The Morgan fingerprint density at radius 1 is 1.31 bits per heavy atom. The minimum absolute atomic E-state index is 0.0330. The van der Waals surface area contributed by atoms with Crippen LogP contribution in [0.3, 0.4) is 0 Å². The number of ether oxygens (including phenoxy) is 2. The van der Waals surface area contributed by atoms with E-state index in [4.69, 9.17) is 18.9 Å². The van der Waals surface area contributed by atoms with Crippen LogP contribution in [0, 0.1) is 12.3 Å². The van der Waals surface area contributed by atoms with Crippen molar-refractivity contribution in [1.82, 2.24) is 9.88 Å². The number of rotatable bonds is 6. The average Bonchev–Trinajstić information content (AvgIpc) is 3.01. The Morgan fingerprint density at radius 3 is 2.81 bits per heavy atom. The lowest BCUT2D eigenvalue weighted by atomic mass is 9.83. The lowest BCUT2D eigenvalue weighted by Crippen LogP contribution is -2.43. The van der Waals surface area contributed by atoms with E-state index in [1.54, 1.807) is 14.2 Å². The van der Waals surface area contributed by atoms with Crippen LogP contribution in [0.1, 0.15) is 31.2 Å². The zero-order valence-corrected chi connectivity index (χ0v) is 16.0. The highest BCUT2D eigenvalue weighted by molar-refractivity contribution is 5.65. The number of aliphatic hydroxyl groups is 1. The molecule has 6 nitrogen and oxygen atoms in total. The van der Waals surface area contributed by atoms with Crippen molar-refractivity contribution in [3.63, 3.8) is 0 Å². The fourth-order valence-corrected chi connectivity index (χ4v) is 3.57. The molecule has 2 aromatic rings. The van der Waals surface area contributed by atoms with Crippen molar-refractivity contribution >= 4 is 0 Å². The molecule has 1 saturated heterocycles. The first-order valence-corrected chi connectivity index (χ1v) is 9.00. The molecule has 1 aromatic carbocycles. The van der Waals surface area contributed by atoms with Gasteiger partial charge in [-0.1, -0.05) is 6.92 Å². The molecule has 0 spiro atoms. The predicted molar refractivity (Wildman–Crippen MR) is 99.5 cm³/mol. The second kappa shape index (κ2) is 7.68. The number of hydrogen-bond acceptors (Lipinski definition) is 6. The van der Waals surface area contributed by atoms with Crippen molar-refractivity contribution in [2.45, 2.75) is 33.2 Å². The van der Waals surface area contributed by atoms with Crippen LogP contribution < -0.4 is 9.47 Å². The molecular formula is C20H28N2O4. The highest BCUT2D eigenvalue weighted by Gasteiger charge is 2.31. The van der Waals surface area contributed by atoms with E-state index in [-0.39, 0.29) is 12.0 Å². The van der Waals surface area contributed by atoms with Crippen molar-refractivity contribution in [1.29, 1.82) is 0 Å². The SMILES string of the molecule is COc1ccc(OC)c(-c2nc(CN3CCC[C@@](C)(CO)C3)c(C)o2)c1. The first-order valence-electron chi connectivity index (χ1n) is 9.00. The number of aryl methyl sites for hydroxylation is 1. The van der Waals surface area contributed by atoms with Crippen molar-refractivity contribution < 1.29 is 19.0 Å². The van der Waals surface area contributed by atoms with Gasteiger partial charge in [0.2, 0.25) is 5.89 Å². The van der Waals surface area contributed by atoms with Crippen LogP contribution in [0.15, 0.2) is 22.6 Å². The second-order valence-electron chi connectivity index (χ2n) is 7.37. The summed E-state index contributed by atoms with van der Waals surface area (Å²) in [5.41, 5.74) is 1.67. The molecule has 0 amide bonds. The molecule has 0 radical (unpaired) electrons. The topological polar surface area (TPSA) is 68.0 Å². The second-order valence-corrected chi connectivity index (χ2v) is 7.37. The molecule has 1 aliphatic rings. The fraction of sp³-hybridized carbons (Fsp3) is 0.550. The molecule has 142 valence electrons. The largest absolute Gasteiger partial charge is 0.497 e. The van der Waals surface area contributed by atoms with Gasteiger partial charge in [0.1, 0.15) is 17.3 Å². The number of nitrogens with zero attached hydrogens (tertiary/aromatic N) is 2. The molecule has 0 unspecified atom stereocenters. The van der Waals surface area contributed by atoms with E-state index in [1.165, 1.54) is 0 Å². The van der Waals surface area contributed by atoms with Crippen LogP contribution in [0.4, 0.5) is 0 Å². The van der Waals surface area contributed by atoms with E-state index in [2.05, 4.69) is 11.8 Å². The van der Waals surface area contributed by atoms with Gasteiger partial charge >= 0.3 is 0 Å². The monoisotopic (exact) mass is 360 g/mol. The molecule has 1 atom stereocenters. The Kier molecular flexibility index (Phi) is 5.53. The number of likely N-dealkylation sites (tertiary alicyclic amines) is 1. The van der Waals surface area contributed by atoms with E-state index in [9.17, 15) is 5.11 Å². The van der Waals surface area contributed by atoms with Crippen LogP contribution in [0.5, 0.6) is 11.5 Å². The van der Waals surface area contributed by atoms with E-state index >= 15 is 0 Å². The zero-order valence-electron chi connectivity index (χ0n) is 16.0. The molecule has 1 N–H and O–H groups in total. The third-order valence-corrected chi connectivity index (χ3v) is 5.14. The summed E-state index contributed by atoms with van der Waals surface area (Å²) in [6, 6.07) is 5.57. The van der Waals surface area contributed by atoms with Crippen LogP contribution >= 0.6 is 0 Å². The summed E-state index contributed by atoms with van der Waals surface area (Å²) >= 11 is 0. The molecule has 0 bridgehead atoms. The molecule has 1 fully saturated rings. The van der Waals surface area contributed by atoms with E-state index in [0.29, 0.717) is 11.6 Å². The Labute approximate surface area is 154 Å². The van der Waals surface area contributed by atoms with Gasteiger partial charge < -0.3 is 19.0 Å². The number of oxazole rings is 1. The van der Waals surface area contributed by atoms with Gasteiger partial charge in [0.25, 0.3) is 0 Å². The van der Waals surface area contributed by atoms with Gasteiger partial charge in [0.05, 0.1) is 25.5 Å². The van der Waals surface area contributed by atoms with Crippen molar-refractivity contribution in [3.8, 4) is 23.0 Å². The van der Waals surface area contributed by atoms with E-state index < -0.39 is 0 Å². The Bertz CT molecular complexity index is 758. The molecule has 3 rings (SSSR count). The first-order chi connectivity index (χ1) is 12.5. The van der Waals surface area contributed by atoms with Gasteiger partial charge in [-0.2, -0.15) is 0 Å². The third-order valence-electron chi connectivity index (χ3n) is 5.14. The Hall–Kier alpha value is -2.05. The maximum atomic E-state index is 9.66. The fourth-order valence-electron chi connectivity index (χ4n) is 3.57. The van der Waals surface area contributed by atoms with Crippen molar-refractivity contribution in [3.05, 3.63) is 29.7 Å². The predicted octanol–water partition coefficient (Wildman–Crippen LogP) is 3.26. The number of methoxy groups -OCH3 is 2. The maximum Gasteiger partial charge on any atom is 0.230 e. The van der Waals surface area contributed by atoms with Crippen molar-refractivity contribution in [2.24, 2.45) is 5.41 Å². The van der Waals surface area contributed by atoms with Gasteiger partial charge in [0.15, 0.2) is 0 Å². The summed E-state index contributed by atoms with van der Waals surface area (Å²) in [7, 11) is 3.26. The van der Waals surface area contributed by atoms with Crippen molar-refractivity contribution in [2.75, 3.05) is 33.9 Å².